The Balaban J connectivity index is 2.73. The molecule has 0 aliphatic carbocycles. The molecule has 2 N–H and O–H groups in total. The van der Waals surface area contributed by atoms with Crippen molar-refractivity contribution in [1.29, 1.82) is 0 Å². The monoisotopic (exact) mass is 402 g/mol. The van der Waals surface area contributed by atoms with E-state index in [9.17, 15) is 18.0 Å². The van der Waals surface area contributed by atoms with Crippen molar-refractivity contribution in [3.63, 3.8) is 0 Å². The van der Waals surface area contributed by atoms with Gasteiger partial charge >= 0.3 is 5.97 Å². The zero-order valence-electron chi connectivity index (χ0n) is 15.9. The molecule has 152 valence electrons. The van der Waals surface area contributed by atoms with Crippen LogP contribution in [-0.4, -0.2) is 60.3 Å². The van der Waals surface area contributed by atoms with Crippen molar-refractivity contribution in [2.45, 2.75) is 24.8 Å². The number of methoxy groups -OCH3 is 2. The highest BCUT2D eigenvalue weighted by Crippen LogP contribution is 2.17. The smallest absolute Gasteiger partial charge is 0.324 e. The van der Waals surface area contributed by atoms with Crippen molar-refractivity contribution in [2.24, 2.45) is 5.92 Å². The lowest BCUT2D eigenvalue weighted by Gasteiger charge is -2.20. The highest BCUT2D eigenvalue weighted by molar-refractivity contribution is 7.89. The minimum Gasteiger partial charge on any atom is -0.497 e. The average molecular weight is 402 g/mol. The first-order valence-electron chi connectivity index (χ1n) is 8.30. The minimum atomic E-state index is -3.95. The van der Waals surface area contributed by atoms with Gasteiger partial charge in [0.25, 0.3) is 5.91 Å². The number of esters is 1. The SMILES string of the molecule is COCCNC(=O)COC(=O)[C@@H](NS(=O)(=O)c1ccc(OC)cc1)C(C)C. The van der Waals surface area contributed by atoms with Crippen molar-refractivity contribution >= 4 is 21.9 Å². The standard InChI is InChI=1S/C17H26N2O7S/c1-12(2)16(17(21)26-11-15(20)18-9-10-24-3)19-27(22,23)14-7-5-13(25-4)6-8-14/h5-8,12,16,19H,9-11H2,1-4H3,(H,18,20)/t16-/m0/s1. The molecule has 0 fully saturated rings. The maximum absolute atomic E-state index is 12.5. The first-order valence-corrected chi connectivity index (χ1v) is 9.78. The Bertz CT molecular complexity index is 717. The Hall–Kier alpha value is -2.17. The van der Waals surface area contributed by atoms with Crippen molar-refractivity contribution in [2.75, 3.05) is 34.0 Å². The van der Waals surface area contributed by atoms with Gasteiger partial charge in [0.05, 0.1) is 18.6 Å². The zero-order valence-corrected chi connectivity index (χ0v) is 16.7. The number of nitrogens with one attached hydrogen (secondary N) is 2. The minimum absolute atomic E-state index is 0.0148. The van der Waals surface area contributed by atoms with Crippen molar-refractivity contribution < 1.29 is 32.2 Å². The predicted octanol–water partition coefficient (Wildman–Crippen LogP) is 0.304. The van der Waals surface area contributed by atoms with E-state index < -0.39 is 34.5 Å². The highest BCUT2D eigenvalue weighted by Gasteiger charge is 2.30. The van der Waals surface area contributed by atoms with E-state index in [1.165, 1.54) is 38.5 Å². The molecule has 0 saturated carbocycles. The molecule has 1 rings (SSSR count). The normalized spacial score (nSPS) is 12.5. The summed E-state index contributed by atoms with van der Waals surface area (Å²) in [5.41, 5.74) is 0. The fraction of sp³-hybridized carbons (Fsp3) is 0.529. The summed E-state index contributed by atoms with van der Waals surface area (Å²) in [5.74, 6) is -1.21. The van der Waals surface area contributed by atoms with E-state index in [0.717, 1.165) is 0 Å². The van der Waals surface area contributed by atoms with E-state index in [1.54, 1.807) is 13.8 Å². The summed E-state index contributed by atoms with van der Waals surface area (Å²) in [5, 5.41) is 2.50. The molecule has 0 aliphatic rings. The third-order valence-electron chi connectivity index (χ3n) is 3.55. The Morgan fingerprint density at radius 2 is 1.74 bits per heavy atom. The Morgan fingerprint density at radius 1 is 1.11 bits per heavy atom. The van der Waals surface area contributed by atoms with Crippen molar-refractivity contribution in [3.05, 3.63) is 24.3 Å². The fourth-order valence-corrected chi connectivity index (χ4v) is 3.35. The molecule has 0 bridgehead atoms. The Labute approximate surface area is 159 Å². The third kappa shape index (κ3) is 7.53. The average Bonchev–Trinajstić information content (AvgIpc) is 2.64. The number of carbonyl (C=O) groups excluding carboxylic acids is 2. The zero-order chi connectivity index (χ0) is 20.4. The van der Waals surface area contributed by atoms with Crippen LogP contribution >= 0.6 is 0 Å². The van der Waals surface area contributed by atoms with E-state index >= 15 is 0 Å². The number of benzene rings is 1. The van der Waals surface area contributed by atoms with Crippen LogP contribution in [-0.2, 0) is 29.1 Å². The van der Waals surface area contributed by atoms with Gasteiger partial charge < -0.3 is 19.5 Å². The molecule has 0 radical (unpaired) electrons. The molecule has 1 atom stereocenters. The number of hydrogen-bond acceptors (Lipinski definition) is 7. The van der Waals surface area contributed by atoms with Crippen molar-refractivity contribution in [1.82, 2.24) is 10.0 Å². The molecular formula is C17H26N2O7S. The first-order chi connectivity index (χ1) is 12.7. The summed E-state index contributed by atoms with van der Waals surface area (Å²) in [6, 6.07) is 4.60. The van der Waals surface area contributed by atoms with Crippen LogP contribution in [0, 0.1) is 5.92 Å². The molecule has 0 aromatic heterocycles. The number of hydrogen-bond donors (Lipinski definition) is 2. The van der Waals surface area contributed by atoms with Gasteiger partial charge in [-0.05, 0) is 30.2 Å². The highest BCUT2D eigenvalue weighted by atomic mass is 32.2. The summed E-state index contributed by atoms with van der Waals surface area (Å²) >= 11 is 0. The molecule has 10 heteroatoms. The van der Waals surface area contributed by atoms with E-state index in [-0.39, 0.29) is 17.4 Å². The molecule has 9 nitrogen and oxygen atoms in total. The largest absolute Gasteiger partial charge is 0.497 e. The van der Waals surface area contributed by atoms with Crippen molar-refractivity contribution in [3.8, 4) is 5.75 Å². The Kier molecular flexibility index (Phi) is 9.19. The van der Waals surface area contributed by atoms with Crippen LogP contribution in [0.2, 0.25) is 0 Å². The van der Waals surface area contributed by atoms with Crippen LogP contribution < -0.4 is 14.8 Å². The molecular weight excluding hydrogens is 376 g/mol. The summed E-state index contributed by atoms with van der Waals surface area (Å²) in [7, 11) is -0.990. The Morgan fingerprint density at radius 3 is 2.26 bits per heavy atom. The van der Waals surface area contributed by atoms with E-state index in [1.807, 2.05) is 0 Å². The molecule has 0 spiro atoms. The second-order valence-electron chi connectivity index (χ2n) is 5.97. The quantitative estimate of drug-likeness (QED) is 0.404. The molecule has 0 heterocycles. The van der Waals surface area contributed by atoms with E-state index in [2.05, 4.69) is 10.0 Å². The number of carbonyl (C=O) groups is 2. The van der Waals surface area contributed by atoms with Gasteiger partial charge in [-0.15, -0.1) is 0 Å². The fourth-order valence-electron chi connectivity index (χ4n) is 2.02. The molecule has 0 saturated heterocycles. The number of sulfonamides is 1. The summed E-state index contributed by atoms with van der Waals surface area (Å²) < 4.78 is 42.1. The lowest BCUT2D eigenvalue weighted by atomic mass is 10.1. The van der Waals surface area contributed by atoms with Gasteiger partial charge in [-0.25, -0.2) is 8.42 Å². The van der Waals surface area contributed by atoms with E-state index in [0.29, 0.717) is 12.4 Å². The maximum atomic E-state index is 12.5. The molecule has 27 heavy (non-hydrogen) atoms. The second-order valence-corrected chi connectivity index (χ2v) is 7.68. The van der Waals surface area contributed by atoms with Crippen LogP contribution in [0.25, 0.3) is 0 Å². The summed E-state index contributed by atoms with van der Waals surface area (Å²) in [6.07, 6.45) is 0. The van der Waals surface area contributed by atoms with Gasteiger partial charge in [0.2, 0.25) is 10.0 Å². The number of ether oxygens (including phenoxy) is 3. The van der Waals surface area contributed by atoms with Crippen LogP contribution in [0.15, 0.2) is 29.2 Å². The maximum Gasteiger partial charge on any atom is 0.324 e. The molecule has 0 unspecified atom stereocenters. The van der Waals surface area contributed by atoms with Crippen LogP contribution in [0.4, 0.5) is 0 Å². The molecule has 1 aromatic carbocycles. The third-order valence-corrected chi connectivity index (χ3v) is 5.00. The number of rotatable bonds is 11. The van der Waals surface area contributed by atoms with Gasteiger partial charge in [-0.1, -0.05) is 13.8 Å². The summed E-state index contributed by atoms with van der Waals surface area (Å²) in [6.45, 7) is 3.44. The molecule has 1 aromatic rings. The summed E-state index contributed by atoms with van der Waals surface area (Å²) in [4.78, 5) is 23.8. The van der Waals surface area contributed by atoms with Crippen LogP contribution in [0.5, 0.6) is 5.75 Å². The van der Waals surface area contributed by atoms with Crippen LogP contribution in [0.1, 0.15) is 13.8 Å². The first kappa shape index (κ1) is 22.9. The van der Waals surface area contributed by atoms with Gasteiger partial charge in [-0.2, -0.15) is 4.72 Å². The second kappa shape index (κ2) is 10.9. The van der Waals surface area contributed by atoms with Gasteiger partial charge in [-0.3, -0.25) is 9.59 Å². The van der Waals surface area contributed by atoms with Crippen LogP contribution in [0.3, 0.4) is 0 Å². The van der Waals surface area contributed by atoms with Gasteiger partial charge in [0, 0.05) is 13.7 Å². The lowest BCUT2D eigenvalue weighted by Crippen LogP contribution is -2.46. The predicted molar refractivity (Wildman–Crippen MR) is 97.8 cm³/mol. The van der Waals surface area contributed by atoms with Gasteiger partial charge in [0.1, 0.15) is 11.8 Å². The van der Waals surface area contributed by atoms with E-state index in [4.69, 9.17) is 14.2 Å². The molecule has 1 amide bonds. The van der Waals surface area contributed by atoms with Gasteiger partial charge in [0.15, 0.2) is 6.61 Å². The number of amides is 1. The topological polar surface area (TPSA) is 120 Å². The lowest BCUT2D eigenvalue weighted by molar-refractivity contribution is -0.151. The molecule has 0 aliphatic heterocycles.